The average Bonchev–Trinajstić information content (AvgIpc) is 2.80. The molecule has 9 heteroatoms. The molecule has 1 amide bonds. The van der Waals surface area contributed by atoms with E-state index in [1.807, 2.05) is 24.3 Å². The Morgan fingerprint density at radius 3 is 2.42 bits per heavy atom. The number of ether oxygens (including phenoxy) is 2. The molecule has 0 saturated heterocycles. The molecule has 2 aromatic carbocycles. The summed E-state index contributed by atoms with van der Waals surface area (Å²) in [5, 5.41) is 2.83. The van der Waals surface area contributed by atoms with Crippen LogP contribution in [0.15, 0.2) is 47.4 Å². The van der Waals surface area contributed by atoms with Crippen molar-refractivity contribution in [3.8, 4) is 11.5 Å². The van der Waals surface area contributed by atoms with E-state index < -0.39 is 15.9 Å². The summed E-state index contributed by atoms with van der Waals surface area (Å²) in [5.74, 6) is 0.481. The summed E-state index contributed by atoms with van der Waals surface area (Å²) in [6, 6.07) is 11.8. The van der Waals surface area contributed by atoms with Crippen LogP contribution in [0.5, 0.6) is 11.5 Å². The zero-order valence-corrected chi connectivity index (χ0v) is 19.3. The van der Waals surface area contributed by atoms with Crippen LogP contribution in [0.3, 0.4) is 0 Å². The van der Waals surface area contributed by atoms with Gasteiger partial charge in [-0.25, -0.2) is 13.1 Å². The van der Waals surface area contributed by atoms with Crippen LogP contribution in [0.1, 0.15) is 29.8 Å². The lowest BCUT2D eigenvalue weighted by Gasteiger charge is -2.19. The minimum Gasteiger partial charge on any atom is -0.495 e. The van der Waals surface area contributed by atoms with E-state index in [1.165, 1.54) is 32.4 Å². The van der Waals surface area contributed by atoms with Gasteiger partial charge < -0.3 is 19.7 Å². The molecule has 0 fully saturated rings. The molecule has 0 atom stereocenters. The zero-order valence-electron chi connectivity index (χ0n) is 18.5. The standard InChI is InChI=1S/C22H31N3O5S/c1-5-25(6-2)13-14-30-19-10-8-7-9-18(19)16-24-22(26)17-11-12-20(29-4)21(15-17)31(27,28)23-3/h7-12,15,23H,5-6,13-14,16H2,1-4H3,(H,24,26). The molecular formula is C22H31N3O5S. The number of nitrogens with one attached hydrogen (secondary N) is 2. The fraction of sp³-hybridized carbons (Fsp3) is 0.409. The van der Waals surface area contributed by atoms with E-state index in [0.29, 0.717) is 12.4 Å². The summed E-state index contributed by atoms with van der Waals surface area (Å²) >= 11 is 0. The number of benzene rings is 2. The second-order valence-corrected chi connectivity index (χ2v) is 8.59. The highest BCUT2D eigenvalue weighted by Gasteiger charge is 2.20. The molecule has 0 unspecified atom stereocenters. The third-order valence-corrected chi connectivity index (χ3v) is 6.39. The number of carbonyl (C=O) groups is 1. The molecule has 0 radical (unpaired) electrons. The summed E-state index contributed by atoms with van der Waals surface area (Å²) in [6.45, 7) is 7.77. The number of para-hydroxylation sites is 1. The smallest absolute Gasteiger partial charge is 0.251 e. The fourth-order valence-electron chi connectivity index (χ4n) is 3.03. The van der Waals surface area contributed by atoms with Crippen molar-refractivity contribution in [2.75, 3.05) is 40.4 Å². The number of carbonyl (C=O) groups excluding carboxylic acids is 1. The number of hydrogen-bond donors (Lipinski definition) is 2. The lowest BCUT2D eigenvalue weighted by Crippen LogP contribution is -2.28. The van der Waals surface area contributed by atoms with Gasteiger partial charge >= 0.3 is 0 Å². The van der Waals surface area contributed by atoms with Gasteiger partial charge in [0.05, 0.1) is 7.11 Å². The zero-order chi connectivity index (χ0) is 22.9. The topological polar surface area (TPSA) is 97.0 Å². The van der Waals surface area contributed by atoms with E-state index in [9.17, 15) is 13.2 Å². The first-order valence-electron chi connectivity index (χ1n) is 10.2. The van der Waals surface area contributed by atoms with Gasteiger partial charge in [0.25, 0.3) is 5.91 Å². The van der Waals surface area contributed by atoms with Gasteiger partial charge in [0.15, 0.2) is 0 Å². The van der Waals surface area contributed by atoms with Crippen LogP contribution >= 0.6 is 0 Å². The van der Waals surface area contributed by atoms with Gasteiger partial charge in [-0.15, -0.1) is 0 Å². The number of sulfonamides is 1. The lowest BCUT2D eigenvalue weighted by molar-refractivity contribution is 0.0950. The van der Waals surface area contributed by atoms with Crippen LogP contribution in [0.25, 0.3) is 0 Å². The third kappa shape index (κ3) is 6.68. The number of likely N-dealkylation sites (N-methyl/N-ethyl adjacent to an activating group) is 1. The van der Waals surface area contributed by atoms with E-state index in [1.54, 1.807) is 0 Å². The SMILES string of the molecule is CCN(CC)CCOc1ccccc1CNC(=O)c1ccc(OC)c(S(=O)(=O)NC)c1. The van der Waals surface area contributed by atoms with Gasteiger partial charge in [-0.05, 0) is 44.4 Å². The number of methoxy groups -OCH3 is 1. The lowest BCUT2D eigenvalue weighted by atomic mass is 10.1. The second-order valence-electron chi connectivity index (χ2n) is 6.74. The van der Waals surface area contributed by atoms with Gasteiger partial charge in [-0.3, -0.25) is 4.79 Å². The van der Waals surface area contributed by atoms with Crippen LogP contribution in [-0.2, 0) is 16.6 Å². The predicted octanol–water partition coefficient (Wildman–Crippen LogP) is 2.25. The number of rotatable bonds is 12. The van der Waals surface area contributed by atoms with Crippen LogP contribution < -0.4 is 19.5 Å². The van der Waals surface area contributed by atoms with E-state index in [0.717, 1.165) is 25.2 Å². The second kappa shape index (κ2) is 11.7. The molecule has 170 valence electrons. The monoisotopic (exact) mass is 449 g/mol. The molecule has 31 heavy (non-hydrogen) atoms. The first-order valence-corrected chi connectivity index (χ1v) is 11.7. The van der Waals surface area contributed by atoms with Crippen molar-refractivity contribution >= 4 is 15.9 Å². The molecule has 0 aromatic heterocycles. The Morgan fingerprint density at radius 2 is 1.77 bits per heavy atom. The summed E-state index contributed by atoms with van der Waals surface area (Å²) in [4.78, 5) is 14.8. The largest absolute Gasteiger partial charge is 0.495 e. The van der Waals surface area contributed by atoms with Crippen molar-refractivity contribution < 1.29 is 22.7 Å². The molecule has 0 bridgehead atoms. The number of amides is 1. The first-order chi connectivity index (χ1) is 14.9. The highest BCUT2D eigenvalue weighted by atomic mass is 32.2. The quantitative estimate of drug-likeness (QED) is 0.516. The van der Waals surface area contributed by atoms with Crippen molar-refractivity contribution in [2.45, 2.75) is 25.3 Å². The molecule has 0 saturated carbocycles. The van der Waals surface area contributed by atoms with E-state index in [4.69, 9.17) is 9.47 Å². The van der Waals surface area contributed by atoms with Gasteiger partial charge in [0.1, 0.15) is 23.0 Å². The Morgan fingerprint density at radius 1 is 1.06 bits per heavy atom. The van der Waals surface area contributed by atoms with Crippen LogP contribution in [0.4, 0.5) is 0 Å². The van der Waals surface area contributed by atoms with Crippen molar-refractivity contribution in [1.82, 2.24) is 14.9 Å². The van der Waals surface area contributed by atoms with E-state index >= 15 is 0 Å². The molecule has 0 aliphatic carbocycles. The number of hydrogen-bond acceptors (Lipinski definition) is 6. The summed E-state index contributed by atoms with van der Waals surface area (Å²) in [6.07, 6.45) is 0. The molecule has 0 spiro atoms. The van der Waals surface area contributed by atoms with Crippen molar-refractivity contribution in [1.29, 1.82) is 0 Å². The normalized spacial score (nSPS) is 11.4. The van der Waals surface area contributed by atoms with Crippen molar-refractivity contribution in [2.24, 2.45) is 0 Å². The third-order valence-electron chi connectivity index (χ3n) is 4.96. The molecule has 0 heterocycles. The Hall–Kier alpha value is -2.62. The molecule has 2 aromatic rings. The molecule has 2 N–H and O–H groups in total. The summed E-state index contributed by atoms with van der Waals surface area (Å²) in [5.41, 5.74) is 1.06. The van der Waals surface area contributed by atoms with Gasteiger partial charge in [0, 0.05) is 24.2 Å². The Balaban J connectivity index is 2.09. The van der Waals surface area contributed by atoms with E-state index in [2.05, 4.69) is 28.8 Å². The minimum atomic E-state index is -3.77. The highest BCUT2D eigenvalue weighted by Crippen LogP contribution is 2.25. The molecule has 8 nitrogen and oxygen atoms in total. The van der Waals surface area contributed by atoms with Crippen LogP contribution in [0.2, 0.25) is 0 Å². The Kier molecular flexibility index (Phi) is 9.29. The molecular weight excluding hydrogens is 418 g/mol. The van der Waals surface area contributed by atoms with E-state index in [-0.39, 0.29) is 22.8 Å². The maximum Gasteiger partial charge on any atom is 0.251 e. The Labute approximate surface area is 184 Å². The van der Waals surface area contributed by atoms with Crippen molar-refractivity contribution in [3.63, 3.8) is 0 Å². The Bertz CT molecular complexity index is 975. The maximum atomic E-state index is 12.7. The molecule has 0 aliphatic rings. The van der Waals surface area contributed by atoms with Crippen LogP contribution in [0, 0.1) is 0 Å². The highest BCUT2D eigenvalue weighted by molar-refractivity contribution is 7.89. The fourth-order valence-corrected chi connectivity index (χ4v) is 3.95. The predicted molar refractivity (Wildman–Crippen MR) is 120 cm³/mol. The minimum absolute atomic E-state index is 0.0923. The maximum absolute atomic E-state index is 12.7. The number of nitrogens with zero attached hydrogens (tertiary/aromatic N) is 1. The first kappa shape index (κ1) is 24.6. The summed E-state index contributed by atoms with van der Waals surface area (Å²) < 4.78 is 37.7. The molecule has 2 rings (SSSR count). The van der Waals surface area contributed by atoms with Gasteiger partial charge in [-0.2, -0.15) is 0 Å². The average molecular weight is 450 g/mol. The van der Waals surface area contributed by atoms with Gasteiger partial charge in [0.2, 0.25) is 10.0 Å². The van der Waals surface area contributed by atoms with Crippen LogP contribution in [-0.4, -0.2) is 59.6 Å². The van der Waals surface area contributed by atoms with Crippen molar-refractivity contribution in [3.05, 3.63) is 53.6 Å². The molecule has 0 aliphatic heterocycles. The summed E-state index contributed by atoms with van der Waals surface area (Å²) in [7, 11) is -1.09. The van der Waals surface area contributed by atoms with Gasteiger partial charge in [-0.1, -0.05) is 32.0 Å².